The molecule has 2 atom stereocenters. The van der Waals surface area contributed by atoms with Crippen LogP contribution in [0.25, 0.3) is 0 Å². The number of carbonyl (C=O) groups is 1. The Labute approximate surface area is 120 Å². The quantitative estimate of drug-likeness (QED) is 0.623. The number of nitro groups is 1. The first kappa shape index (κ1) is 15.3. The van der Waals surface area contributed by atoms with E-state index >= 15 is 0 Å². The van der Waals surface area contributed by atoms with Gasteiger partial charge in [0.25, 0.3) is 5.91 Å². The summed E-state index contributed by atoms with van der Waals surface area (Å²) in [6, 6.07) is 1.20. The Hall–Kier alpha value is -2.05. The van der Waals surface area contributed by atoms with E-state index in [2.05, 4.69) is 0 Å². The van der Waals surface area contributed by atoms with E-state index in [9.17, 15) is 23.7 Å². The monoisotopic (exact) mass is 298 g/mol. The molecule has 2 rings (SSSR count). The number of rotatable bonds is 2. The maximum Gasteiger partial charge on any atom is 0.308 e. The van der Waals surface area contributed by atoms with Crippen LogP contribution in [0.15, 0.2) is 12.1 Å². The molecule has 1 aromatic rings. The standard InChI is InChI=1S/C14H16F2N2O3/c1-8-3-9(2)7-17(6-8)14(19)11-4-10(15)5-12(13(11)16)18(20)21/h4-5,8-9H,3,6-7H2,1-2H3. The van der Waals surface area contributed by atoms with Gasteiger partial charge in [0.15, 0.2) is 0 Å². The minimum Gasteiger partial charge on any atom is -0.338 e. The van der Waals surface area contributed by atoms with Gasteiger partial charge in [0.05, 0.1) is 16.6 Å². The van der Waals surface area contributed by atoms with E-state index in [4.69, 9.17) is 0 Å². The predicted molar refractivity (Wildman–Crippen MR) is 71.9 cm³/mol. The first-order valence-electron chi connectivity index (χ1n) is 6.72. The molecular weight excluding hydrogens is 282 g/mol. The molecular formula is C14H16F2N2O3. The molecule has 7 heteroatoms. The maximum atomic E-state index is 14.0. The highest BCUT2D eigenvalue weighted by molar-refractivity contribution is 5.95. The molecule has 0 radical (unpaired) electrons. The summed E-state index contributed by atoms with van der Waals surface area (Å²) in [4.78, 5) is 23.4. The van der Waals surface area contributed by atoms with Crippen molar-refractivity contribution in [2.75, 3.05) is 13.1 Å². The summed E-state index contributed by atoms with van der Waals surface area (Å²) in [5.41, 5.74) is -1.60. The van der Waals surface area contributed by atoms with Crippen molar-refractivity contribution in [1.29, 1.82) is 0 Å². The molecule has 0 aromatic heterocycles. The van der Waals surface area contributed by atoms with Crippen molar-refractivity contribution >= 4 is 11.6 Å². The Bertz CT molecular complexity index is 582. The summed E-state index contributed by atoms with van der Waals surface area (Å²) >= 11 is 0. The molecule has 1 aliphatic heterocycles. The minimum absolute atomic E-state index is 0.254. The van der Waals surface area contributed by atoms with Crippen LogP contribution in [-0.2, 0) is 0 Å². The molecule has 2 unspecified atom stereocenters. The summed E-state index contributed by atoms with van der Waals surface area (Å²) < 4.78 is 27.5. The normalized spacial score (nSPS) is 22.2. The fraction of sp³-hybridized carbons (Fsp3) is 0.500. The molecule has 21 heavy (non-hydrogen) atoms. The summed E-state index contributed by atoms with van der Waals surface area (Å²) in [5.74, 6) is -2.47. The number of nitrogens with zero attached hydrogens (tertiary/aromatic N) is 2. The van der Waals surface area contributed by atoms with Crippen molar-refractivity contribution < 1.29 is 18.5 Å². The molecule has 0 spiro atoms. The molecule has 5 nitrogen and oxygen atoms in total. The predicted octanol–water partition coefficient (Wildman–Crippen LogP) is 2.99. The van der Waals surface area contributed by atoms with Crippen molar-refractivity contribution in [2.45, 2.75) is 20.3 Å². The summed E-state index contributed by atoms with van der Waals surface area (Å²) in [6.07, 6.45) is 0.954. The van der Waals surface area contributed by atoms with E-state index in [-0.39, 0.29) is 11.8 Å². The van der Waals surface area contributed by atoms with Gasteiger partial charge in [-0.2, -0.15) is 4.39 Å². The maximum absolute atomic E-state index is 14.0. The fourth-order valence-electron chi connectivity index (χ4n) is 2.86. The van der Waals surface area contributed by atoms with Crippen molar-refractivity contribution in [3.05, 3.63) is 39.4 Å². The topological polar surface area (TPSA) is 63.5 Å². The van der Waals surface area contributed by atoms with E-state index < -0.39 is 33.7 Å². The van der Waals surface area contributed by atoms with Gasteiger partial charge in [0, 0.05) is 13.1 Å². The van der Waals surface area contributed by atoms with Crippen LogP contribution in [0, 0.1) is 33.6 Å². The number of hydrogen-bond donors (Lipinski definition) is 0. The summed E-state index contributed by atoms with van der Waals surface area (Å²) in [7, 11) is 0. The van der Waals surface area contributed by atoms with Crippen LogP contribution in [0.2, 0.25) is 0 Å². The number of likely N-dealkylation sites (tertiary alicyclic amines) is 1. The van der Waals surface area contributed by atoms with Crippen LogP contribution in [0.4, 0.5) is 14.5 Å². The van der Waals surface area contributed by atoms with E-state index in [1.165, 1.54) is 4.90 Å². The Balaban J connectivity index is 2.37. The number of nitro benzene ring substituents is 1. The third-order valence-electron chi connectivity index (χ3n) is 3.60. The van der Waals surface area contributed by atoms with Gasteiger partial charge in [-0.25, -0.2) is 4.39 Å². The number of piperidine rings is 1. The highest BCUT2D eigenvalue weighted by Gasteiger charge is 2.31. The second-order valence-electron chi connectivity index (χ2n) is 5.70. The van der Waals surface area contributed by atoms with Gasteiger partial charge in [0.1, 0.15) is 5.82 Å². The van der Waals surface area contributed by atoms with Crippen LogP contribution in [-0.4, -0.2) is 28.8 Å². The van der Waals surface area contributed by atoms with Gasteiger partial charge in [-0.15, -0.1) is 0 Å². The van der Waals surface area contributed by atoms with Crippen molar-refractivity contribution in [3.8, 4) is 0 Å². The van der Waals surface area contributed by atoms with E-state index in [1.807, 2.05) is 13.8 Å². The highest BCUT2D eigenvalue weighted by atomic mass is 19.1. The minimum atomic E-state index is -1.28. The average Bonchev–Trinajstić information content (AvgIpc) is 2.38. The Morgan fingerprint density at radius 3 is 2.38 bits per heavy atom. The lowest BCUT2D eigenvalue weighted by Gasteiger charge is -2.35. The molecule has 1 amide bonds. The molecule has 1 heterocycles. The molecule has 1 saturated heterocycles. The molecule has 114 valence electrons. The smallest absolute Gasteiger partial charge is 0.308 e. The van der Waals surface area contributed by atoms with Crippen LogP contribution in [0.1, 0.15) is 30.6 Å². The third kappa shape index (κ3) is 3.17. The van der Waals surface area contributed by atoms with Gasteiger partial charge in [-0.3, -0.25) is 14.9 Å². The Morgan fingerprint density at radius 2 is 1.86 bits per heavy atom. The van der Waals surface area contributed by atoms with Gasteiger partial charge < -0.3 is 4.90 Å². The molecule has 1 fully saturated rings. The highest BCUT2D eigenvalue weighted by Crippen LogP contribution is 2.27. The van der Waals surface area contributed by atoms with E-state index in [1.54, 1.807) is 0 Å². The second kappa shape index (κ2) is 5.75. The van der Waals surface area contributed by atoms with Crippen LogP contribution < -0.4 is 0 Å². The molecule has 1 aliphatic rings. The fourth-order valence-corrected chi connectivity index (χ4v) is 2.86. The summed E-state index contributed by atoms with van der Waals surface area (Å²) in [5, 5.41) is 10.7. The van der Waals surface area contributed by atoms with Gasteiger partial charge in [0.2, 0.25) is 5.82 Å². The van der Waals surface area contributed by atoms with Crippen LogP contribution in [0.3, 0.4) is 0 Å². The lowest BCUT2D eigenvalue weighted by molar-refractivity contribution is -0.387. The summed E-state index contributed by atoms with van der Waals surface area (Å²) in [6.45, 7) is 4.82. The largest absolute Gasteiger partial charge is 0.338 e. The molecule has 0 bridgehead atoms. The number of hydrogen-bond acceptors (Lipinski definition) is 3. The molecule has 0 aliphatic carbocycles. The van der Waals surface area contributed by atoms with Crippen molar-refractivity contribution in [2.24, 2.45) is 11.8 Å². The first-order chi connectivity index (χ1) is 9.79. The van der Waals surface area contributed by atoms with Gasteiger partial charge >= 0.3 is 5.69 Å². The first-order valence-corrected chi connectivity index (χ1v) is 6.72. The molecule has 1 aromatic carbocycles. The van der Waals surface area contributed by atoms with Crippen molar-refractivity contribution in [3.63, 3.8) is 0 Å². The number of benzene rings is 1. The Kier molecular flexibility index (Phi) is 4.20. The second-order valence-corrected chi connectivity index (χ2v) is 5.70. The average molecular weight is 298 g/mol. The lowest BCUT2D eigenvalue weighted by Crippen LogP contribution is -2.43. The third-order valence-corrected chi connectivity index (χ3v) is 3.60. The van der Waals surface area contributed by atoms with Crippen molar-refractivity contribution in [1.82, 2.24) is 4.90 Å². The van der Waals surface area contributed by atoms with Gasteiger partial charge in [-0.1, -0.05) is 13.8 Å². The zero-order valence-corrected chi connectivity index (χ0v) is 11.8. The zero-order valence-electron chi connectivity index (χ0n) is 11.8. The molecule has 0 N–H and O–H groups in total. The molecule has 0 saturated carbocycles. The Morgan fingerprint density at radius 1 is 1.29 bits per heavy atom. The van der Waals surface area contributed by atoms with Crippen LogP contribution in [0.5, 0.6) is 0 Å². The zero-order chi connectivity index (χ0) is 15.7. The van der Waals surface area contributed by atoms with Gasteiger partial charge in [-0.05, 0) is 24.3 Å². The number of halogens is 2. The lowest BCUT2D eigenvalue weighted by atomic mass is 9.91. The van der Waals surface area contributed by atoms with E-state index in [0.717, 1.165) is 6.42 Å². The number of carbonyl (C=O) groups excluding carboxylic acids is 1. The number of amides is 1. The van der Waals surface area contributed by atoms with E-state index in [0.29, 0.717) is 25.2 Å². The van der Waals surface area contributed by atoms with Crippen LogP contribution >= 0.6 is 0 Å². The SMILES string of the molecule is CC1CC(C)CN(C(=O)c2cc(F)cc([N+](=O)[O-])c2F)C1.